The Hall–Kier alpha value is -3.01. The highest BCUT2D eigenvalue weighted by atomic mass is 32.3. The van der Waals surface area contributed by atoms with Gasteiger partial charge in [0.15, 0.2) is 5.82 Å². The van der Waals surface area contributed by atoms with Gasteiger partial charge in [0.2, 0.25) is 0 Å². The summed E-state index contributed by atoms with van der Waals surface area (Å²) in [4.78, 5) is 18.4. The van der Waals surface area contributed by atoms with Crippen LogP contribution in [0.5, 0.6) is 0 Å². The van der Waals surface area contributed by atoms with Gasteiger partial charge < -0.3 is 9.88 Å². The number of hydrogen-bond acceptors (Lipinski definition) is 7. The number of anilines is 2. The van der Waals surface area contributed by atoms with Crippen molar-refractivity contribution in [2.75, 3.05) is 11.6 Å². The summed E-state index contributed by atoms with van der Waals surface area (Å²) < 4.78 is 22.0. The maximum Gasteiger partial charge on any atom is 0.161 e. The van der Waals surface area contributed by atoms with Crippen LogP contribution >= 0.6 is 10.6 Å². The quantitative estimate of drug-likeness (QED) is 0.401. The number of benzene rings is 1. The van der Waals surface area contributed by atoms with Crippen LogP contribution in [0.4, 0.5) is 11.6 Å². The fourth-order valence-electron chi connectivity index (χ4n) is 3.41. The molecule has 0 fully saturated rings. The van der Waals surface area contributed by atoms with Gasteiger partial charge in [0.25, 0.3) is 0 Å². The molecule has 0 saturated carbocycles. The molecule has 0 radical (unpaired) electrons. The number of nitrogens with zero attached hydrogens (tertiary/aromatic N) is 5. The standard InChI is InChI=1S/C21H24N6O2S/c1-13(2)27-14(3)24-17-12-23-20(11-18(17)27)25-19-8-9-22-21(26-19)15-6-5-7-16(10-15)30(4,28)29/h5-13,28-29H,1-4H3,(H,22,23,25,26). The van der Waals surface area contributed by atoms with E-state index < -0.39 is 10.6 Å². The third-order valence-electron chi connectivity index (χ3n) is 4.72. The van der Waals surface area contributed by atoms with Crippen LogP contribution in [-0.4, -0.2) is 39.9 Å². The van der Waals surface area contributed by atoms with Gasteiger partial charge in [-0.15, -0.1) is 0 Å². The Morgan fingerprint density at radius 2 is 1.83 bits per heavy atom. The molecule has 0 unspecified atom stereocenters. The molecule has 4 aromatic rings. The summed E-state index contributed by atoms with van der Waals surface area (Å²) in [5.41, 5.74) is 2.57. The highest BCUT2D eigenvalue weighted by Crippen LogP contribution is 2.44. The predicted molar refractivity (Wildman–Crippen MR) is 120 cm³/mol. The van der Waals surface area contributed by atoms with Gasteiger partial charge >= 0.3 is 0 Å². The summed E-state index contributed by atoms with van der Waals surface area (Å²) in [6.45, 7) is 6.24. The maximum atomic E-state index is 9.93. The van der Waals surface area contributed by atoms with Crippen LogP contribution in [0.25, 0.3) is 22.4 Å². The lowest BCUT2D eigenvalue weighted by atomic mass is 10.2. The van der Waals surface area contributed by atoms with Crippen molar-refractivity contribution in [3.05, 3.63) is 54.6 Å². The molecule has 0 aliphatic carbocycles. The summed E-state index contributed by atoms with van der Waals surface area (Å²) in [7, 11) is -2.81. The summed E-state index contributed by atoms with van der Waals surface area (Å²) in [5.74, 6) is 2.68. The Morgan fingerprint density at radius 1 is 1.03 bits per heavy atom. The Balaban J connectivity index is 1.66. The minimum Gasteiger partial charge on any atom is -0.326 e. The second-order valence-electron chi connectivity index (χ2n) is 7.43. The zero-order valence-corrected chi connectivity index (χ0v) is 18.1. The lowest BCUT2D eigenvalue weighted by Gasteiger charge is -2.27. The van der Waals surface area contributed by atoms with Crippen molar-refractivity contribution in [2.24, 2.45) is 0 Å². The maximum absolute atomic E-state index is 9.93. The molecule has 156 valence electrons. The van der Waals surface area contributed by atoms with Gasteiger partial charge in [0, 0.05) is 30.1 Å². The van der Waals surface area contributed by atoms with Gasteiger partial charge in [0.1, 0.15) is 23.0 Å². The Bertz CT molecular complexity index is 1220. The number of aryl methyl sites for hydroxylation is 1. The van der Waals surface area contributed by atoms with Crippen molar-refractivity contribution in [2.45, 2.75) is 31.7 Å². The molecular weight excluding hydrogens is 400 g/mol. The number of hydrogen-bond donors (Lipinski definition) is 3. The van der Waals surface area contributed by atoms with Crippen molar-refractivity contribution >= 4 is 33.3 Å². The van der Waals surface area contributed by atoms with E-state index in [1.165, 1.54) is 6.26 Å². The molecule has 0 aliphatic rings. The topological polar surface area (TPSA) is 109 Å². The van der Waals surface area contributed by atoms with Crippen molar-refractivity contribution in [3.63, 3.8) is 0 Å². The third kappa shape index (κ3) is 4.00. The van der Waals surface area contributed by atoms with Gasteiger partial charge in [0.05, 0.1) is 16.6 Å². The molecule has 4 rings (SSSR count). The minimum absolute atomic E-state index is 0.286. The summed E-state index contributed by atoms with van der Waals surface area (Å²) in [5, 5.41) is 3.23. The van der Waals surface area contributed by atoms with Gasteiger partial charge in [-0.1, -0.05) is 12.1 Å². The normalized spacial score (nSPS) is 12.5. The zero-order valence-electron chi connectivity index (χ0n) is 17.2. The SMILES string of the molecule is Cc1nc2cnc(Nc3ccnc(-c4cccc(S(C)(O)O)c4)n3)cc2n1C(C)C. The predicted octanol–water partition coefficient (Wildman–Crippen LogP) is 5.26. The second kappa shape index (κ2) is 7.67. The van der Waals surface area contributed by atoms with Crippen molar-refractivity contribution in [3.8, 4) is 11.4 Å². The smallest absolute Gasteiger partial charge is 0.161 e. The number of imidazole rings is 1. The first-order valence-corrected chi connectivity index (χ1v) is 11.5. The molecule has 0 aliphatic heterocycles. The van der Waals surface area contributed by atoms with Crippen LogP contribution in [0.2, 0.25) is 0 Å². The van der Waals surface area contributed by atoms with E-state index in [-0.39, 0.29) is 6.04 Å². The molecule has 9 heteroatoms. The molecule has 8 nitrogen and oxygen atoms in total. The average Bonchev–Trinajstić information content (AvgIpc) is 3.03. The first-order valence-electron chi connectivity index (χ1n) is 9.51. The van der Waals surface area contributed by atoms with Crippen LogP contribution in [0.15, 0.2) is 53.7 Å². The Kier molecular flexibility index (Phi) is 5.19. The van der Waals surface area contributed by atoms with E-state index in [1.54, 1.807) is 36.7 Å². The van der Waals surface area contributed by atoms with E-state index in [9.17, 15) is 9.11 Å². The minimum atomic E-state index is -2.81. The van der Waals surface area contributed by atoms with Crippen LogP contribution in [0.1, 0.15) is 25.7 Å². The van der Waals surface area contributed by atoms with E-state index in [0.717, 1.165) is 16.9 Å². The molecular formula is C21H24N6O2S. The molecule has 30 heavy (non-hydrogen) atoms. The number of pyridine rings is 1. The second-order valence-corrected chi connectivity index (χ2v) is 9.57. The lowest BCUT2D eigenvalue weighted by molar-refractivity contribution is 0.495. The first-order chi connectivity index (χ1) is 14.2. The van der Waals surface area contributed by atoms with E-state index in [4.69, 9.17) is 0 Å². The molecule has 0 amide bonds. The van der Waals surface area contributed by atoms with Crippen molar-refractivity contribution < 1.29 is 9.11 Å². The van der Waals surface area contributed by atoms with Crippen molar-refractivity contribution in [1.29, 1.82) is 0 Å². The summed E-state index contributed by atoms with van der Waals surface area (Å²) in [6, 6.07) is 11.0. The first kappa shape index (κ1) is 20.3. The highest BCUT2D eigenvalue weighted by Gasteiger charge is 2.13. The lowest BCUT2D eigenvalue weighted by Crippen LogP contribution is -2.03. The average molecular weight is 425 g/mol. The molecule has 3 heterocycles. The number of aromatic nitrogens is 5. The van der Waals surface area contributed by atoms with Gasteiger partial charge in [-0.25, -0.2) is 19.9 Å². The van der Waals surface area contributed by atoms with E-state index in [0.29, 0.717) is 27.9 Å². The van der Waals surface area contributed by atoms with E-state index in [2.05, 4.69) is 43.7 Å². The van der Waals surface area contributed by atoms with E-state index >= 15 is 0 Å². The molecule has 0 bridgehead atoms. The molecule has 1 aromatic carbocycles. The molecule has 3 aromatic heterocycles. The van der Waals surface area contributed by atoms with Gasteiger partial charge in [-0.3, -0.25) is 9.11 Å². The fraction of sp³-hybridized carbons (Fsp3) is 0.238. The van der Waals surface area contributed by atoms with Crippen LogP contribution in [0.3, 0.4) is 0 Å². The third-order valence-corrected chi connectivity index (χ3v) is 5.87. The van der Waals surface area contributed by atoms with Crippen LogP contribution in [-0.2, 0) is 0 Å². The Morgan fingerprint density at radius 3 is 2.57 bits per heavy atom. The fourth-order valence-corrected chi connectivity index (χ4v) is 4.10. The molecule has 0 saturated heterocycles. The number of rotatable bonds is 5. The number of fused-ring (bicyclic) bond motifs is 1. The number of nitrogens with one attached hydrogen (secondary N) is 1. The largest absolute Gasteiger partial charge is 0.326 e. The van der Waals surface area contributed by atoms with Gasteiger partial charge in [-0.05, 0) is 39.0 Å². The molecule has 0 atom stereocenters. The van der Waals surface area contributed by atoms with Crippen LogP contribution < -0.4 is 5.32 Å². The molecule has 3 N–H and O–H groups in total. The highest BCUT2D eigenvalue weighted by molar-refractivity contribution is 8.23. The van der Waals surface area contributed by atoms with Gasteiger partial charge in [-0.2, -0.15) is 10.6 Å². The Labute approximate surface area is 176 Å². The summed E-state index contributed by atoms with van der Waals surface area (Å²) >= 11 is 0. The van der Waals surface area contributed by atoms with E-state index in [1.807, 2.05) is 19.1 Å². The molecule has 0 spiro atoms. The van der Waals surface area contributed by atoms with Crippen LogP contribution in [0, 0.1) is 6.92 Å². The summed E-state index contributed by atoms with van der Waals surface area (Å²) in [6.07, 6.45) is 4.81. The monoisotopic (exact) mass is 424 g/mol. The van der Waals surface area contributed by atoms with Crippen molar-refractivity contribution in [1.82, 2.24) is 24.5 Å². The zero-order chi connectivity index (χ0) is 21.5.